The van der Waals surface area contributed by atoms with Crippen molar-refractivity contribution in [2.45, 2.75) is 50.9 Å². The zero-order valence-electron chi connectivity index (χ0n) is 22.4. The molecule has 2 saturated heterocycles. The van der Waals surface area contributed by atoms with Crippen LogP contribution in [-0.4, -0.2) is 79.4 Å². The third kappa shape index (κ3) is 4.89. The maximum Gasteiger partial charge on any atom is 0.318 e. The Kier molecular flexibility index (Phi) is 7.05. The number of likely N-dealkylation sites (N-methyl/N-ethyl adjacent to an activating group) is 1. The van der Waals surface area contributed by atoms with Crippen LogP contribution in [0.2, 0.25) is 0 Å². The second-order valence-corrected chi connectivity index (χ2v) is 11.0. The third-order valence-electron chi connectivity index (χ3n) is 8.44. The number of benzene rings is 2. The fourth-order valence-corrected chi connectivity index (χ4v) is 6.20. The predicted molar refractivity (Wildman–Crippen MR) is 152 cm³/mol. The Morgan fingerprint density at radius 2 is 2.00 bits per heavy atom. The lowest BCUT2D eigenvalue weighted by molar-refractivity contribution is 0.187. The first-order valence-corrected chi connectivity index (χ1v) is 13.9. The number of aromatic nitrogens is 2. The SMILES string of the molecule is [C-]#[N+]C[C@H]1CN(c2nc(OC[C@@H]3CCCN3C)nc3c2CCN(c2cccc4ccccc24)C3)[C@@H](C)CN1. The molecule has 0 amide bonds. The highest BCUT2D eigenvalue weighted by Crippen LogP contribution is 2.35. The van der Waals surface area contributed by atoms with Crippen molar-refractivity contribution >= 4 is 22.3 Å². The minimum atomic E-state index is 0.140. The minimum absolute atomic E-state index is 0.140. The van der Waals surface area contributed by atoms with Crippen molar-refractivity contribution in [3.05, 3.63) is 65.1 Å². The van der Waals surface area contributed by atoms with Crippen molar-refractivity contribution < 1.29 is 4.74 Å². The number of hydrogen-bond donors (Lipinski definition) is 1. The van der Waals surface area contributed by atoms with Crippen LogP contribution in [0.15, 0.2) is 42.5 Å². The summed E-state index contributed by atoms with van der Waals surface area (Å²) in [5.74, 6) is 0.992. The van der Waals surface area contributed by atoms with Gasteiger partial charge in [0.1, 0.15) is 12.4 Å². The number of ether oxygens (including phenoxy) is 1. The number of nitrogens with zero attached hydrogens (tertiary/aromatic N) is 6. The number of nitrogens with one attached hydrogen (secondary N) is 1. The molecule has 8 heteroatoms. The molecule has 2 aromatic carbocycles. The normalized spacial score (nSPS) is 23.9. The molecule has 3 atom stereocenters. The van der Waals surface area contributed by atoms with Crippen LogP contribution in [0.4, 0.5) is 11.5 Å². The van der Waals surface area contributed by atoms with Crippen molar-refractivity contribution in [1.82, 2.24) is 20.2 Å². The van der Waals surface area contributed by atoms with E-state index in [1.807, 2.05) is 0 Å². The van der Waals surface area contributed by atoms with Gasteiger partial charge in [-0.3, -0.25) is 0 Å². The van der Waals surface area contributed by atoms with Gasteiger partial charge in [-0.2, -0.15) is 9.97 Å². The average Bonchev–Trinajstić information content (AvgIpc) is 3.36. The number of hydrogen-bond acceptors (Lipinski definition) is 7. The largest absolute Gasteiger partial charge is 0.462 e. The topological polar surface area (TPSA) is 61.1 Å². The molecule has 38 heavy (non-hydrogen) atoms. The lowest BCUT2D eigenvalue weighted by Crippen LogP contribution is -2.57. The highest BCUT2D eigenvalue weighted by molar-refractivity contribution is 5.94. The van der Waals surface area contributed by atoms with E-state index in [0.717, 1.165) is 57.1 Å². The third-order valence-corrected chi connectivity index (χ3v) is 8.44. The first kappa shape index (κ1) is 24.9. The Morgan fingerprint density at radius 1 is 1.13 bits per heavy atom. The van der Waals surface area contributed by atoms with E-state index in [1.54, 1.807) is 0 Å². The molecule has 198 valence electrons. The van der Waals surface area contributed by atoms with Crippen molar-refractivity contribution in [2.24, 2.45) is 0 Å². The van der Waals surface area contributed by atoms with E-state index in [-0.39, 0.29) is 12.1 Å². The molecule has 1 N–H and O–H groups in total. The van der Waals surface area contributed by atoms with Crippen LogP contribution >= 0.6 is 0 Å². The number of fused-ring (bicyclic) bond motifs is 2. The molecule has 8 nitrogen and oxygen atoms in total. The summed E-state index contributed by atoms with van der Waals surface area (Å²) in [6.45, 7) is 15.0. The number of anilines is 2. The first-order chi connectivity index (χ1) is 18.6. The molecule has 6 rings (SSSR count). The summed E-state index contributed by atoms with van der Waals surface area (Å²) in [5, 5.41) is 6.06. The van der Waals surface area contributed by atoms with Gasteiger partial charge < -0.3 is 29.6 Å². The predicted octanol–water partition coefficient (Wildman–Crippen LogP) is 3.75. The van der Waals surface area contributed by atoms with Gasteiger partial charge in [0.15, 0.2) is 0 Å². The van der Waals surface area contributed by atoms with E-state index in [4.69, 9.17) is 21.3 Å². The quantitative estimate of drug-likeness (QED) is 0.506. The summed E-state index contributed by atoms with van der Waals surface area (Å²) >= 11 is 0. The van der Waals surface area contributed by atoms with Gasteiger partial charge in [0.2, 0.25) is 6.54 Å². The van der Waals surface area contributed by atoms with Crippen molar-refractivity contribution in [2.75, 3.05) is 56.2 Å². The van der Waals surface area contributed by atoms with E-state index < -0.39 is 0 Å². The zero-order chi connectivity index (χ0) is 26.1. The second-order valence-electron chi connectivity index (χ2n) is 11.0. The fourth-order valence-electron chi connectivity index (χ4n) is 6.20. The van der Waals surface area contributed by atoms with Gasteiger partial charge in [0.05, 0.1) is 18.3 Å². The Labute approximate surface area is 225 Å². The molecule has 3 aliphatic heterocycles. The maximum atomic E-state index is 7.37. The molecule has 0 spiro atoms. The Bertz CT molecular complexity index is 1330. The summed E-state index contributed by atoms with van der Waals surface area (Å²) in [4.78, 5) is 20.9. The maximum absolute atomic E-state index is 7.37. The number of piperazine rings is 1. The second kappa shape index (κ2) is 10.8. The van der Waals surface area contributed by atoms with Gasteiger partial charge in [-0.05, 0) is 51.2 Å². The Balaban J connectivity index is 1.34. The van der Waals surface area contributed by atoms with Crippen LogP contribution in [0.3, 0.4) is 0 Å². The monoisotopic (exact) mass is 511 g/mol. The van der Waals surface area contributed by atoms with Crippen molar-refractivity contribution in [3.8, 4) is 6.01 Å². The Morgan fingerprint density at radius 3 is 2.84 bits per heavy atom. The van der Waals surface area contributed by atoms with Gasteiger partial charge in [0, 0.05) is 48.4 Å². The molecular weight excluding hydrogens is 474 g/mol. The molecule has 0 aliphatic carbocycles. The molecule has 2 fully saturated rings. The summed E-state index contributed by atoms with van der Waals surface area (Å²) < 4.78 is 6.31. The molecule has 3 aliphatic rings. The van der Waals surface area contributed by atoms with E-state index in [9.17, 15) is 0 Å². The summed E-state index contributed by atoms with van der Waals surface area (Å²) in [6.07, 6.45) is 3.24. The molecule has 3 aromatic rings. The number of likely N-dealkylation sites (tertiary alicyclic amines) is 1. The summed E-state index contributed by atoms with van der Waals surface area (Å²) in [7, 11) is 2.17. The summed E-state index contributed by atoms with van der Waals surface area (Å²) in [6, 6.07) is 16.4. The Hall–Kier alpha value is -3.41. The fraction of sp³-hybridized carbons (Fsp3) is 0.500. The molecule has 0 saturated carbocycles. The lowest BCUT2D eigenvalue weighted by Gasteiger charge is -2.40. The van der Waals surface area contributed by atoms with Crippen LogP contribution in [0.25, 0.3) is 15.6 Å². The van der Waals surface area contributed by atoms with Gasteiger partial charge in [-0.1, -0.05) is 36.4 Å². The van der Waals surface area contributed by atoms with Crippen LogP contribution in [0.1, 0.15) is 31.0 Å². The van der Waals surface area contributed by atoms with Gasteiger partial charge >= 0.3 is 6.01 Å². The molecule has 4 heterocycles. The molecule has 0 unspecified atom stereocenters. The molecule has 0 radical (unpaired) electrons. The highest BCUT2D eigenvalue weighted by Gasteiger charge is 2.33. The van der Waals surface area contributed by atoms with Gasteiger partial charge in [-0.15, -0.1) is 0 Å². The van der Waals surface area contributed by atoms with Gasteiger partial charge in [-0.25, -0.2) is 6.57 Å². The average molecular weight is 512 g/mol. The standard InChI is InChI=1S/C30H37N7O/c1-21-16-32-23(17-31-2)18-37(21)29-26-13-15-36(28-12-6-9-22-8-4-5-11-25(22)28)19-27(26)33-30(34-29)38-20-24-10-7-14-35(24)3/h4-6,8-9,11-12,21,23-24,32H,7,10,13-20H2,1,3H3/t21-,23-,24-/m0/s1. The molecule has 1 aromatic heterocycles. The highest BCUT2D eigenvalue weighted by atomic mass is 16.5. The van der Waals surface area contributed by atoms with Crippen LogP contribution in [0, 0.1) is 6.57 Å². The smallest absolute Gasteiger partial charge is 0.318 e. The van der Waals surface area contributed by atoms with E-state index in [1.165, 1.54) is 28.4 Å². The van der Waals surface area contributed by atoms with Crippen LogP contribution < -0.4 is 19.9 Å². The lowest BCUT2D eigenvalue weighted by atomic mass is 10.0. The number of rotatable bonds is 6. The van der Waals surface area contributed by atoms with Crippen LogP contribution in [-0.2, 0) is 13.0 Å². The van der Waals surface area contributed by atoms with Gasteiger partial charge in [0.25, 0.3) is 0 Å². The van der Waals surface area contributed by atoms with E-state index >= 15 is 0 Å². The molecular formula is C30H37N7O. The zero-order valence-corrected chi connectivity index (χ0v) is 22.4. The van der Waals surface area contributed by atoms with E-state index in [2.05, 4.69) is 81.3 Å². The minimum Gasteiger partial charge on any atom is -0.462 e. The summed E-state index contributed by atoms with van der Waals surface area (Å²) in [5.41, 5.74) is 3.52. The first-order valence-electron chi connectivity index (χ1n) is 13.9. The van der Waals surface area contributed by atoms with E-state index in [0.29, 0.717) is 25.2 Å². The van der Waals surface area contributed by atoms with Crippen molar-refractivity contribution in [1.29, 1.82) is 0 Å². The molecule has 0 bridgehead atoms. The van der Waals surface area contributed by atoms with Crippen molar-refractivity contribution in [3.63, 3.8) is 0 Å². The van der Waals surface area contributed by atoms with Crippen LogP contribution in [0.5, 0.6) is 6.01 Å².